The maximum atomic E-state index is 13.5. The minimum Gasteiger partial charge on any atom is -0.477 e. The van der Waals surface area contributed by atoms with Gasteiger partial charge in [0.1, 0.15) is 11.6 Å². The number of aromatic nitrogens is 2. The summed E-state index contributed by atoms with van der Waals surface area (Å²) >= 11 is 0. The minimum atomic E-state index is -0.784. The zero-order chi connectivity index (χ0) is 25.2. The summed E-state index contributed by atoms with van der Waals surface area (Å²) in [5, 5.41) is 3.64. The summed E-state index contributed by atoms with van der Waals surface area (Å²) in [7, 11) is 0. The van der Waals surface area contributed by atoms with E-state index in [1.807, 2.05) is 50.2 Å². The van der Waals surface area contributed by atoms with Crippen LogP contribution < -0.4 is 20.5 Å². The highest BCUT2D eigenvalue weighted by Crippen LogP contribution is 2.36. The van der Waals surface area contributed by atoms with Gasteiger partial charge >= 0.3 is 0 Å². The molecule has 2 aliphatic rings. The first kappa shape index (κ1) is 24.0. The summed E-state index contributed by atoms with van der Waals surface area (Å²) in [6, 6.07) is 14.9. The number of carbonyl (C=O) groups is 2. The molecule has 1 aromatic heterocycles. The molecule has 3 aromatic rings. The normalized spacial score (nSPS) is 17.1. The predicted molar refractivity (Wildman–Crippen MR) is 138 cm³/mol. The summed E-state index contributed by atoms with van der Waals surface area (Å²) in [4.78, 5) is 46.0. The second kappa shape index (κ2) is 10.1. The van der Waals surface area contributed by atoms with Crippen molar-refractivity contribution in [3.8, 4) is 5.75 Å². The molecule has 8 heteroatoms. The first-order valence-corrected chi connectivity index (χ1v) is 12.9. The van der Waals surface area contributed by atoms with Crippen LogP contribution in [-0.2, 0) is 16.0 Å². The molecule has 0 radical (unpaired) electrons. The lowest BCUT2D eigenvalue weighted by Crippen LogP contribution is -2.52. The quantitative estimate of drug-likeness (QED) is 0.521. The van der Waals surface area contributed by atoms with E-state index in [1.165, 1.54) is 0 Å². The van der Waals surface area contributed by atoms with Gasteiger partial charge in [0, 0.05) is 24.9 Å². The van der Waals surface area contributed by atoms with Crippen molar-refractivity contribution in [3.63, 3.8) is 0 Å². The van der Waals surface area contributed by atoms with Crippen LogP contribution >= 0.6 is 0 Å². The Bertz CT molecular complexity index is 1340. The highest BCUT2D eigenvalue weighted by Gasteiger charge is 2.35. The summed E-state index contributed by atoms with van der Waals surface area (Å²) in [5.41, 5.74) is 1.26. The Morgan fingerprint density at radius 2 is 1.81 bits per heavy atom. The van der Waals surface area contributed by atoms with Gasteiger partial charge in [-0.2, -0.15) is 0 Å². The van der Waals surface area contributed by atoms with Gasteiger partial charge in [0.25, 0.3) is 11.5 Å². The molecule has 1 unspecified atom stereocenters. The Hall–Kier alpha value is -3.68. The SMILES string of the molecule is CCC(CC)NC(=O)C1CN(C(=O)CCc2nc3ccccc3c(=O)n2C2CC2)c2ccccc2O1. The van der Waals surface area contributed by atoms with Crippen molar-refractivity contribution in [2.24, 2.45) is 0 Å². The molecule has 36 heavy (non-hydrogen) atoms. The van der Waals surface area contributed by atoms with Gasteiger partial charge in [-0.1, -0.05) is 38.1 Å². The average molecular weight is 489 g/mol. The molecule has 1 N–H and O–H groups in total. The van der Waals surface area contributed by atoms with Gasteiger partial charge in [0.05, 0.1) is 23.1 Å². The molecule has 0 saturated heterocycles. The second-order valence-electron chi connectivity index (χ2n) is 9.55. The largest absolute Gasteiger partial charge is 0.477 e. The van der Waals surface area contributed by atoms with Crippen LogP contribution in [0.15, 0.2) is 53.3 Å². The monoisotopic (exact) mass is 488 g/mol. The van der Waals surface area contributed by atoms with Crippen LogP contribution in [0, 0.1) is 0 Å². The molecule has 2 heterocycles. The van der Waals surface area contributed by atoms with Crippen LogP contribution in [0.3, 0.4) is 0 Å². The van der Waals surface area contributed by atoms with E-state index in [0.29, 0.717) is 34.6 Å². The molecule has 2 aromatic carbocycles. The van der Waals surface area contributed by atoms with E-state index in [9.17, 15) is 14.4 Å². The molecule has 8 nitrogen and oxygen atoms in total. The fourth-order valence-corrected chi connectivity index (χ4v) is 4.83. The zero-order valence-electron chi connectivity index (χ0n) is 20.8. The van der Waals surface area contributed by atoms with Crippen molar-refractivity contribution < 1.29 is 14.3 Å². The van der Waals surface area contributed by atoms with E-state index < -0.39 is 6.10 Å². The smallest absolute Gasteiger partial charge is 0.263 e. The number of hydrogen-bond donors (Lipinski definition) is 1. The van der Waals surface area contributed by atoms with Crippen molar-refractivity contribution in [2.45, 2.75) is 70.6 Å². The second-order valence-corrected chi connectivity index (χ2v) is 9.55. The Kier molecular flexibility index (Phi) is 6.76. The van der Waals surface area contributed by atoms with Crippen molar-refractivity contribution in [3.05, 3.63) is 64.7 Å². The maximum Gasteiger partial charge on any atom is 0.263 e. The molecule has 1 fully saturated rings. The van der Waals surface area contributed by atoms with Crippen LogP contribution in [-0.4, -0.2) is 40.1 Å². The average Bonchev–Trinajstić information content (AvgIpc) is 3.74. The molecule has 1 aliphatic heterocycles. The molecule has 0 bridgehead atoms. The molecule has 1 atom stereocenters. The van der Waals surface area contributed by atoms with E-state index in [4.69, 9.17) is 9.72 Å². The van der Waals surface area contributed by atoms with Gasteiger partial charge in [0.2, 0.25) is 5.91 Å². The molecule has 0 spiro atoms. The molecular formula is C28H32N4O4. The number of rotatable bonds is 8. The number of nitrogens with one attached hydrogen (secondary N) is 1. The molecule has 5 rings (SSSR count). The summed E-state index contributed by atoms with van der Waals surface area (Å²) in [6.07, 6.45) is 3.29. The van der Waals surface area contributed by atoms with Crippen LogP contribution in [0.4, 0.5) is 5.69 Å². The number of amides is 2. The Labute approximate surface area is 210 Å². The number of aryl methyl sites for hydroxylation is 1. The van der Waals surface area contributed by atoms with Crippen LogP contribution in [0.25, 0.3) is 10.9 Å². The van der Waals surface area contributed by atoms with Gasteiger partial charge in [-0.3, -0.25) is 19.0 Å². The Morgan fingerprint density at radius 1 is 1.08 bits per heavy atom. The third-order valence-electron chi connectivity index (χ3n) is 7.05. The van der Waals surface area contributed by atoms with Crippen molar-refractivity contribution in [2.75, 3.05) is 11.4 Å². The maximum absolute atomic E-state index is 13.5. The summed E-state index contributed by atoms with van der Waals surface area (Å²) in [6.45, 7) is 4.20. The number of fused-ring (bicyclic) bond motifs is 2. The van der Waals surface area contributed by atoms with E-state index in [0.717, 1.165) is 25.7 Å². The molecule has 1 aliphatic carbocycles. The summed E-state index contributed by atoms with van der Waals surface area (Å²) < 4.78 is 7.76. The van der Waals surface area contributed by atoms with Gasteiger partial charge in [-0.25, -0.2) is 4.98 Å². The third-order valence-corrected chi connectivity index (χ3v) is 7.05. The molecule has 2 amide bonds. The fraction of sp³-hybridized carbons (Fsp3) is 0.429. The van der Waals surface area contributed by atoms with E-state index in [-0.39, 0.29) is 42.4 Å². The van der Waals surface area contributed by atoms with E-state index in [2.05, 4.69) is 5.32 Å². The minimum absolute atomic E-state index is 0.0413. The molecular weight excluding hydrogens is 456 g/mol. The number of anilines is 1. The highest BCUT2D eigenvalue weighted by atomic mass is 16.5. The fourth-order valence-electron chi connectivity index (χ4n) is 4.83. The van der Waals surface area contributed by atoms with E-state index >= 15 is 0 Å². The van der Waals surface area contributed by atoms with Crippen LogP contribution in [0.2, 0.25) is 0 Å². The number of benzene rings is 2. The van der Waals surface area contributed by atoms with Crippen LogP contribution in [0.1, 0.15) is 57.8 Å². The first-order valence-electron chi connectivity index (χ1n) is 12.9. The lowest BCUT2D eigenvalue weighted by molar-refractivity contribution is -0.129. The van der Waals surface area contributed by atoms with Crippen molar-refractivity contribution in [1.82, 2.24) is 14.9 Å². The number of carbonyl (C=O) groups excluding carboxylic acids is 2. The van der Waals surface area contributed by atoms with E-state index in [1.54, 1.807) is 21.6 Å². The van der Waals surface area contributed by atoms with Crippen molar-refractivity contribution in [1.29, 1.82) is 0 Å². The van der Waals surface area contributed by atoms with Gasteiger partial charge in [-0.15, -0.1) is 0 Å². The number of nitrogens with zero attached hydrogens (tertiary/aromatic N) is 3. The Balaban J connectivity index is 1.38. The lowest BCUT2D eigenvalue weighted by Gasteiger charge is -2.34. The van der Waals surface area contributed by atoms with Crippen LogP contribution in [0.5, 0.6) is 5.75 Å². The van der Waals surface area contributed by atoms with Crippen molar-refractivity contribution >= 4 is 28.4 Å². The topological polar surface area (TPSA) is 93.5 Å². The number of hydrogen-bond acceptors (Lipinski definition) is 5. The summed E-state index contributed by atoms with van der Waals surface area (Å²) in [5.74, 6) is 0.810. The number of ether oxygens (including phenoxy) is 1. The molecule has 188 valence electrons. The van der Waals surface area contributed by atoms with Gasteiger partial charge in [-0.05, 0) is 49.9 Å². The zero-order valence-corrected chi connectivity index (χ0v) is 20.8. The van der Waals surface area contributed by atoms with Gasteiger partial charge < -0.3 is 15.0 Å². The standard InChI is InChI=1S/C28H32N4O4/c1-3-18(4-2)29-27(34)24-17-31(22-11-7-8-12-23(22)36-24)26(33)16-15-25-30-21-10-6-5-9-20(21)28(35)32(25)19-13-14-19/h5-12,18-19,24H,3-4,13-17H2,1-2H3,(H,29,34). The first-order chi connectivity index (χ1) is 17.5. The third kappa shape index (κ3) is 4.72. The Morgan fingerprint density at radius 3 is 2.56 bits per heavy atom. The predicted octanol–water partition coefficient (Wildman–Crippen LogP) is 3.76. The lowest BCUT2D eigenvalue weighted by atomic mass is 10.1. The number of para-hydroxylation sites is 3. The highest BCUT2D eigenvalue weighted by molar-refractivity contribution is 5.97. The molecule has 1 saturated carbocycles. The van der Waals surface area contributed by atoms with Gasteiger partial charge in [0.15, 0.2) is 6.10 Å².